The lowest BCUT2D eigenvalue weighted by molar-refractivity contribution is 0.0963. The number of fused-ring (bicyclic) bond motifs is 1. The largest absolute Gasteiger partial charge is 0.294 e. The van der Waals surface area contributed by atoms with Crippen molar-refractivity contribution in [2.24, 2.45) is 0 Å². The molecule has 0 spiro atoms. The molecule has 24 heavy (non-hydrogen) atoms. The van der Waals surface area contributed by atoms with E-state index in [0.29, 0.717) is 17.5 Å². The van der Waals surface area contributed by atoms with Crippen molar-refractivity contribution in [3.8, 4) is 5.69 Å². The van der Waals surface area contributed by atoms with Crippen LogP contribution in [0.1, 0.15) is 34.0 Å². The molecule has 1 atom stereocenters. The van der Waals surface area contributed by atoms with Crippen LogP contribution >= 0.6 is 0 Å². The average molecular weight is 324 g/mol. The fourth-order valence-electron chi connectivity index (χ4n) is 3.28. The number of hydrogen-bond acceptors (Lipinski definition) is 2. The van der Waals surface area contributed by atoms with Crippen molar-refractivity contribution in [3.63, 3.8) is 0 Å². The first-order valence-electron chi connectivity index (χ1n) is 7.73. The maximum Gasteiger partial charge on any atom is 0.166 e. The molecule has 1 aromatic heterocycles. The normalized spacial score (nSPS) is 16.9. The summed E-state index contributed by atoms with van der Waals surface area (Å²) in [4.78, 5) is 12.4. The van der Waals surface area contributed by atoms with Gasteiger partial charge in [0.05, 0.1) is 23.1 Å². The molecule has 3 aromatic rings. The molecule has 0 radical (unpaired) electrons. The first kappa shape index (κ1) is 14.8. The fourth-order valence-corrected chi connectivity index (χ4v) is 3.28. The Kier molecular flexibility index (Phi) is 3.49. The molecular formula is C19H14F2N2O. The molecule has 1 heterocycles. The Morgan fingerprint density at radius 1 is 1.00 bits per heavy atom. The number of rotatable bonds is 2. The van der Waals surface area contributed by atoms with E-state index in [1.807, 2.05) is 30.3 Å². The van der Waals surface area contributed by atoms with E-state index in [0.717, 1.165) is 17.4 Å². The van der Waals surface area contributed by atoms with Crippen LogP contribution in [0.5, 0.6) is 0 Å². The number of halogens is 2. The van der Waals surface area contributed by atoms with Gasteiger partial charge in [-0.3, -0.25) is 4.79 Å². The fraction of sp³-hybridized carbons (Fsp3) is 0.158. The molecule has 0 aliphatic heterocycles. The summed E-state index contributed by atoms with van der Waals surface area (Å²) in [6.07, 6.45) is 2.32. The Bertz CT molecular complexity index is 898. The van der Waals surface area contributed by atoms with Crippen LogP contribution in [0, 0.1) is 11.6 Å². The van der Waals surface area contributed by atoms with E-state index in [1.165, 1.54) is 12.1 Å². The third kappa shape index (κ3) is 2.52. The van der Waals surface area contributed by atoms with Gasteiger partial charge in [0.15, 0.2) is 5.78 Å². The van der Waals surface area contributed by atoms with E-state index < -0.39 is 11.6 Å². The summed E-state index contributed by atoms with van der Waals surface area (Å²) in [5, 5.41) is 4.33. The van der Waals surface area contributed by atoms with E-state index >= 15 is 0 Å². The molecule has 0 saturated heterocycles. The van der Waals surface area contributed by atoms with Crippen molar-refractivity contribution in [1.29, 1.82) is 0 Å². The Balaban J connectivity index is 1.76. The number of ketones is 1. The first-order valence-corrected chi connectivity index (χ1v) is 7.73. The first-order chi connectivity index (χ1) is 11.6. The maximum atomic E-state index is 13.5. The lowest BCUT2D eigenvalue weighted by Crippen LogP contribution is -2.20. The minimum Gasteiger partial charge on any atom is -0.294 e. The van der Waals surface area contributed by atoms with Gasteiger partial charge in [0.1, 0.15) is 11.6 Å². The Morgan fingerprint density at radius 3 is 2.42 bits per heavy atom. The second-order valence-electron chi connectivity index (χ2n) is 5.98. The highest BCUT2D eigenvalue weighted by Crippen LogP contribution is 2.34. The van der Waals surface area contributed by atoms with Gasteiger partial charge >= 0.3 is 0 Å². The third-order valence-electron chi connectivity index (χ3n) is 4.40. The Hall–Kier alpha value is -2.82. The summed E-state index contributed by atoms with van der Waals surface area (Å²) in [6.45, 7) is 0. The molecule has 120 valence electrons. The number of carbonyl (C=O) groups excluding carboxylic acids is 1. The molecule has 0 bridgehead atoms. The summed E-state index contributed by atoms with van der Waals surface area (Å²) >= 11 is 0. The molecule has 0 amide bonds. The van der Waals surface area contributed by atoms with Crippen LogP contribution in [0.25, 0.3) is 5.69 Å². The van der Waals surface area contributed by atoms with E-state index in [2.05, 4.69) is 5.10 Å². The smallest absolute Gasteiger partial charge is 0.166 e. The molecule has 0 fully saturated rings. The number of Topliss-reactive ketones (excluding diaryl/α,β-unsaturated/α-hetero) is 1. The number of carbonyl (C=O) groups is 1. The zero-order valence-corrected chi connectivity index (χ0v) is 12.7. The second-order valence-corrected chi connectivity index (χ2v) is 5.98. The highest BCUT2D eigenvalue weighted by atomic mass is 19.1. The second kappa shape index (κ2) is 5.67. The number of benzene rings is 2. The standard InChI is InChI=1S/C19H14F2N2O/c20-14-6-12(7-15(21)10-14)13-8-18-17(19(24)9-13)11-22-23(18)16-4-2-1-3-5-16/h1-7,10-11,13H,8-9H2/t13-/m1/s1. The van der Waals surface area contributed by atoms with Gasteiger partial charge in [0, 0.05) is 12.5 Å². The highest BCUT2D eigenvalue weighted by Gasteiger charge is 2.30. The third-order valence-corrected chi connectivity index (χ3v) is 4.40. The van der Waals surface area contributed by atoms with Crippen molar-refractivity contribution < 1.29 is 13.6 Å². The topological polar surface area (TPSA) is 34.9 Å². The van der Waals surface area contributed by atoms with Gasteiger partial charge in [-0.05, 0) is 42.2 Å². The summed E-state index contributed by atoms with van der Waals surface area (Å²) in [7, 11) is 0. The molecule has 1 aliphatic rings. The van der Waals surface area contributed by atoms with Crippen LogP contribution in [0.2, 0.25) is 0 Å². The van der Waals surface area contributed by atoms with Gasteiger partial charge in [-0.2, -0.15) is 5.10 Å². The molecule has 2 aromatic carbocycles. The number of nitrogens with zero attached hydrogens (tertiary/aromatic N) is 2. The molecule has 0 N–H and O–H groups in total. The van der Waals surface area contributed by atoms with Gasteiger partial charge in [-0.15, -0.1) is 0 Å². The zero-order valence-electron chi connectivity index (χ0n) is 12.7. The SMILES string of the molecule is O=C1C[C@H](c2cc(F)cc(F)c2)Cc2c1cnn2-c1ccccc1. The van der Waals surface area contributed by atoms with Crippen molar-refractivity contribution in [2.45, 2.75) is 18.8 Å². The van der Waals surface area contributed by atoms with Crippen molar-refractivity contribution >= 4 is 5.78 Å². The monoisotopic (exact) mass is 324 g/mol. The lowest BCUT2D eigenvalue weighted by Gasteiger charge is -2.23. The zero-order chi connectivity index (χ0) is 16.7. The average Bonchev–Trinajstić information content (AvgIpc) is 2.99. The van der Waals surface area contributed by atoms with Crippen molar-refractivity contribution in [3.05, 3.63) is 83.2 Å². The lowest BCUT2D eigenvalue weighted by atomic mass is 9.82. The van der Waals surface area contributed by atoms with E-state index in [-0.39, 0.29) is 18.1 Å². The molecule has 5 heteroatoms. The predicted octanol–water partition coefficient (Wildman–Crippen LogP) is 4.06. The van der Waals surface area contributed by atoms with Gasteiger partial charge in [-0.25, -0.2) is 13.5 Å². The van der Waals surface area contributed by atoms with Crippen LogP contribution in [-0.4, -0.2) is 15.6 Å². The predicted molar refractivity (Wildman–Crippen MR) is 85.3 cm³/mol. The highest BCUT2D eigenvalue weighted by molar-refractivity contribution is 5.98. The van der Waals surface area contributed by atoms with E-state index in [4.69, 9.17) is 0 Å². The summed E-state index contributed by atoms with van der Waals surface area (Å²) < 4.78 is 28.8. The van der Waals surface area contributed by atoms with Gasteiger partial charge in [0.2, 0.25) is 0 Å². The quantitative estimate of drug-likeness (QED) is 0.712. The van der Waals surface area contributed by atoms with Crippen LogP contribution in [0.3, 0.4) is 0 Å². The minimum atomic E-state index is -0.625. The minimum absolute atomic E-state index is 0.0481. The van der Waals surface area contributed by atoms with Crippen LogP contribution < -0.4 is 0 Å². The number of aromatic nitrogens is 2. The summed E-state index contributed by atoms with van der Waals surface area (Å²) in [5.74, 6) is -1.55. The van der Waals surface area contributed by atoms with Crippen molar-refractivity contribution in [1.82, 2.24) is 9.78 Å². The molecular weight excluding hydrogens is 310 g/mol. The summed E-state index contributed by atoms with van der Waals surface area (Å²) in [6, 6.07) is 13.0. The van der Waals surface area contributed by atoms with Gasteiger partial charge in [-0.1, -0.05) is 18.2 Å². The molecule has 0 unspecified atom stereocenters. The van der Waals surface area contributed by atoms with Gasteiger partial charge in [0.25, 0.3) is 0 Å². The molecule has 3 nitrogen and oxygen atoms in total. The van der Waals surface area contributed by atoms with Gasteiger partial charge < -0.3 is 0 Å². The molecule has 1 aliphatic carbocycles. The van der Waals surface area contributed by atoms with Crippen LogP contribution in [0.4, 0.5) is 8.78 Å². The Labute approximate surface area is 137 Å². The van der Waals surface area contributed by atoms with Crippen LogP contribution in [0.15, 0.2) is 54.7 Å². The van der Waals surface area contributed by atoms with Crippen molar-refractivity contribution in [2.75, 3.05) is 0 Å². The van der Waals surface area contributed by atoms with E-state index in [1.54, 1.807) is 10.9 Å². The number of para-hydroxylation sites is 1. The maximum absolute atomic E-state index is 13.5. The van der Waals surface area contributed by atoms with E-state index in [9.17, 15) is 13.6 Å². The summed E-state index contributed by atoms with van der Waals surface area (Å²) in [5.41, 5.74) is 2.74. The number of hydrogen-bond donors (Lipinski definition) is 0. The molecule has 4 rings (SSSR count). The molecule has 0 saturated carbocycles. The Morgan fingerprint density at radius 2 is 1.71 bits per heavy atom. The van der Waals surface area contributed by atoms with Crippen LogP contribution in [-0.2, 0) is 6.42 Å².